The van der Waals surface area contributed by atoms with E-state index < -0.39 is 5.97 Å². The van der Waals surface area contributed by atoms with Gasteiger partial charge in [-0.25, -0.2) is 4.79 Å². The van der Waals surface area contributed by atoms with Gasteiger partial charge in [-0.05, 0) is 12.1 Å². The zero-order valence-corrected chi connectivity index (χ0v) is 8.24. The number of fused-ring (bicyclic) bond motifs is 1. The van der Waals surface area contributed by atoms with Gasteiger partial charge in [-0.3, -0.25) is 0 Å². The fourth-order valence-electron chi connectivity index (χ4n) is 1.56. The zero-order chi connectivity index (χ0) is 10.8. The van der Waals surface area contributed by atoms with Crippen LogP contribution in [0.4, 0.5) is 5.69 Å². The number of hydrogen-bond donors (Lipinski definition) is 2. The van der Waals surface area contributed by atoms with Crippen LogP contribution in [0.5, 0.6) is 11.5 Å². The second-order valence-corrected chi connectivity index (χ2v) is 3.10. The second-order valence-electron chi connectivity index (χ2n) is 3.10. The molecule has 5 heteroatoms. The van der Waals surface area contributed by atoms with E-state index in [0.717, 1.165) is 5.69 Å². The van der Waals surface area contributed by atoms with Crippen LogP contribution in [0.25, 0.3) is 0 Å². The summed E-state index contributed by atoms with van der Waals surface area (Å²) in [7, 11) is 1.43. The highest BCUT2D eigenvalue weighted by Crippen LogP contribution is 2.39. The van der Waals surface area contributed by atoms with Gasteiger partial charge in [-0.15, -0.1) is 0 Å². The van der Waals surface area contributed by atoms with Crippen LogP contribution in [0.2, 0.25) is 0 Å². The molecule has 0 saturated heterocycles. The summed E-state index contributed by atoms with van der Waals surface area (Å²) in [6.45, 7) is 1.22. The normalized spacial score (nSPS) is 13.4. The molecule has 0 fully saturated rings. The molecule has 0 aliphatic carbocycles. The van der Waals surface area contributed by atoms with Gasteiger partial charge in [-0.1, -0.05) is 0 Å². The molecule has 0 amide bonds. The number of ether oxygens (including phenoxy) is 2. The first kappa shape index (κ1) is 9.64. The number of carboxylic acids is 1. The van der Waals surface area contributed by atoms with Crippen molar-refractivity contribution < 1.29 is 19.4 Å². The van der Waals surface area contributed by atoms with E-state index >= 15 is 0 Å². The molecule has 1 heterocycles. The summed E-state index contributed by atoms with van der Waals surface area (Å²) in [4.78, 5) is 10.9. The van der Waals surface area contributed by atoms with Crippen molar-refractivity contribution in [2.24, 2.45) is 0 Å². The van der Waals surface area contributed by atoms with Crippen LogP contribution in [0.3, 0.4) is 0 Å². The third kappa shape index (κ3) is 1.56. The van der Waals surface area contributed by atoms with Crippen molar-refractivity contribution >= 4 is 11.7 Å². The van der Waals surface area contributed by atoms with Gasteiger partial charge in [0.05, 0.1) is 12.8 Å². The van der Waals surface area contributed by atoms with Crippen molar-refractivity contribution in [3.05, 3.63) is 17.7 Å². The summed E-state index contributed by atoms with van der Waals surface area (Å²) in [5, 5.41) is 12.0. The molecule has 0 atom stereocenters. The maximum atomic E-state index is 10.9. The molecule has 1 aromatic carbocycles. The van der Waals surface area contributed by atoms with E-state index in [1.165, 1.54) is 13.2 Å². The van der Waals surface area contributed by atoms with Crippen molar-refractivity contribution in [3.63, 3.8) is 0 Å². The first-order valence-corrected chi connectivity index (χ1v) is 4.55. The average Bonchev–Trinajstić information content (AvgIpc) is 2.27. The average molecular weight is 209 g/mol. The van der Waals surface area contributed by atoms with Crippen molar-refractivity contribution in [1.82, 2.24) is 0 Å². The minimum absolute atomic E-state index is 0.111. The van der Waals surface area contributed by atoms with Gasteiger partial charge < -0.3 is 19.9 Å². The van der Waals surface area contributed by atoms with E-state index in [9.17, 15) is 4.79 Å². The first-order chi connectivity index (χ1) is 7.24. The van der Waals surface area contributed by atoms with E-state index in [1.807, 2.05) is 0 Å². The molecular weight excluding hydrogens is 198 g/mol. The minimum Gasteiger partial charge on any atom is -0.492 e. The second kappa shape index (κ2) is 3.68. The molecule has 15 heavy (non-hydrogen) atoms. The van der Waals surface area contributed by atoms with Crippen LogP contribution in [-0.4, -0.2) is 31.3 Å². The first-order valence-electron chi connectivity index (χ1n) is 4.55. The lowest BCUT2D eigenvalue weighted by atomic mass is 10.1. The predicted molar refractivity (Wildman–Crippen MR) is 53.9 cm³/mol. The molecule has 80 valence electrons. The Morgan fingerprint density at radius 3 is 3.07 bits per heavy atom. The van der Waals surface area contributed by atoms with Gasteiger partial charge in [0.2, 0.25) is 0 Å². The minimum atomic E-state index is -1.02. The monoisotopic (exact) mass is 209 g/mol. The third-order valence-corrected chi connectivity index (χ3v) is 2.21. The molecule has 0 spiro atoms. The largest absolute Gasteiger partial charge is 0.492 e. The third-order valence-electron chi connectivity index (χ3n) is 2.21. The Morgan fingerprint density at radius 2 is 2.40 bits per heavy atom. The predicted octanol–water partition coefficient (Wildman–Crippen LogP) is 1.20. The molecule has 5 nitrogen and oxygen atoms in total. The molecule has 2 N–H and O–H groups in total. The van der Waals surface area contributed by atoms with Crippen molar-refractivity contribution in [1.29, 1.82) is 0 Å². The highest BCUT2D eigenvalue weighted by Gasteiger charge is 2.21. The lowest BCUT2D eigenvalue weighted by Crippen LogP contribution is -2.19. The topological polar surface area (TPSA) is 67.8 Å². The Hall–Kier alpha value is -1.91. The molecule has 0 radical (unpaired) electrons. The summed E-state index contributed by atoms with van der Waals surface area (Å²) in [5.74, 6) is -0.278. The summed E-state index contributed by atoms with van der Waals surface area (Å²) in [6.07, 6.45) is 0. The molecule has 1 aromatic rings. The molecule has 0 bridgehead atoms. The maximum absolute atomic E-state index is 10.9. The van der Waals surface area contributed by atoms with Gasteiger partial charge in [0.1, 0.15) is 12.2 Å². The zero-order valence-electron chi connectivity index (χ0n) is 8.24. The Morgan fingerprint density at radius 1 is 1.60 bits per heavy atom. The summed E-state index contributed by atoms with van der Waals surface area (Å²) in [5.41, 5.74) is 0.878. The molecule has 2 rings (SSSR count). The van der Waals surface area contributed by atoms with E-state index in [2.05, 4.69) is 5.32 Å². The van der Waals surface area contributed by atoms with E-state index in [4.69, 9.17) is 14.6 Å². The number of benzene rings is 1. The highest BCUT2D eigenvalue weighted by atomic mass is 16.5. The van der Waals surface area contributed by atoms with E-state index in [1.54, 1.807) is 6.07 Å². The van der Waals surface area contributed by atoms with Crippen LogP contribution in [0.1, 0.15) is 10.4 Å². The van der Waals surface area contributed by atoms with Crippen LogP contribution >= 0.6 is 0 Å². The standard InChI is InChI=1S/C10H11NO4/c1-14-8-6(10(12)13)2-3-7-9(8)15-5-4-11-7/h2-3,11H,4-5H2,1H3,(H,12,13). The Kier molecular flexibility index (Phi) is 2.37. The number of hydrogen-bond acceptors (Lipinski definition) is 4. The molecular formula is C10H11NO4. The Bertz CT molecular complexity index is 403. The number of carbonyl (C=O) groups is 1. The number of carboxylic acid groups (broad SMARTS) is 1. The van der Waals surface area contributed by atoms with Gasteiger partial charge in [0.25, 0.3) is 0 Å². The van der Waals surface area contributed by atoms with Crippen molar-refractivity contribution in [3.8, 4) is 11.5 Å². The Labute approximate surface area is 86.6 Å². The SMILES string of the molecule is COc1c(C(=O)O)ccc2c1OCCN2. The fraction of sp³-hybridized carbons (Fsp3) is 0.300. The lowest BCUT2D eigenvalue weighted by molar-refractivity contribution is 0.0692. The highest BCUT2D eigenvalue weighted by molar-refractivity contribution is 5.93. The van der Waals surface area contributed by atoms with Crippen LogP contribution in [-0.2, 0) is 0 Å². The maximum Gasteiger partial charge on any atom is 0.339 e. The van der Waals surface area contributed by atoms with Gasteiger partial charge in [-0.2, -0.15) is 0 Å². The summed E-state index contributed by atoms with van der Waals surface area (Å²) < 4.78 is 10.4. The van der Waals surface area contributed by atoms with E-state index in [0.29, 0.717) is 18.9 Å². The van der Waals surface area contributed by atoms with Gasteiger partial charge in [0, 0.05) is 6.54 Å². The number of anilines is 1. The van der Waals surface area contributed by atoms with Crippen LogP contribution in [0, 0.1) is 0 Å². The Balaban J connectivity index is 2.56. The summed E-state index contributed by atoms with van der Waals surface area (Å²) >= 11 is 0. The molecule has 0 unspecified atom stereocenters. The number of methoxy groups -OCH3 is 1. The molecule has 1 aliphatic heterocycles. The fourth-order valence-corrected chi connectivity index (χ4v) is 1.56. The number of nitrogens with one attached hydrogen (secondary N) is 1. The summed E-state index contributed by atoms with van der Waals surface area (Å²) in [6, 6.07) is 3.18. The van der Waals surface area contributed by atoms with E-state index in [-0.39, 0.29) is 11.3 Å². The van der Waals surface area contributed by atoms with Crippen molar-refractivity contribution in [2.45, 2.75) is 0 Å². The quantitative estimate of drug-likeness (QED) is 0.766. The number of aromatic carboxylic acids is 1. The smallest absolute Gasteiger partial charge is 0.339 e. The molecule has 0 aromatic heterocycles. The van der Waals surface area contributed by atoms with Crippen molar-refractivity contribution in [2.75, 3.05) is 25.6 Å². The lowest BCUT2D eigenvalue weighted by Gasteiger charge is -2.21. The van der Waals surface area contributed by atoms with Crippen LogP contribution in [0.15, 0.2) is 12.1 Å². The van der Waals surface area contributed by atoms with Crippen LogP contribution < -0.4 is 14.8 Å². The van der Waals surface area contributed by atoms with Gasteiger partial charge >= 0.3 is 5.97 Å². The molecule has 0 saturated carbocycles. The molecule has 1 aliphatic rings. The van der Waals surface area contributed by atoms with Gasteiger partial charge in [0.15, 0.2) is 11.5 Å². The number of rotatable bonds is 2.